The third-order valence-electron chi connectivity index (χ3n) is 4.26. The molecule has 0 fully saturated rings. The molecule has 0 radical (unpaired) electrons. The van der Waals surface area contributed by atoms with E-state index in [1.165, 1.54) is 16.9 Å². The van der Waals surface area contributed by atoms with Gasteiger partial charge in [0.1, 0.15) is 10.6 Å². The van der Waals surface area contributed by atoms with E-state index in [1.807, 2.05) is 32.9 Å². The zero-order valence-corrected chi connectivity index (χ0v) is 16.3. The number of nitrogens with zero attached hydrogens (tertiary/aromatic N) is 1. The van der Waals surface area contributed by atoms with Crippen LogP contribution in [0.15, 0.2) is 35.2 Å². The summed E-state index contributed by atoms with van der Waals surface area (Å²) in [5, 5.41) is 7.24. The summed E-state index contributed by atoms with van der Waals surface area (Å²) in [7, 11) is -3.63. The third kappa shape index (κ3) is 3.48. The molecule has 2 heterocycles. The van der Waals surface area contributed by atoms with Gasteiger partial charge in [-0.05, 0) is 56.5 Å². The molecule has 0 spiro atoms. The Balaban J connectivity index is 1.93. The van der Waals surface area contributed by atoms with E-state index < -0.39 is 10.0 Å². The van der Waals surface area contributed by atoms with E-state index in [0.717, 1.165) is 33.1 Å². The van der Waals surface area contributed by atoms with Gasteiger partial charge in [0.05, 0.1) is 4.88 Å². The fourth-order valence-electron chi connectivity index (χ4n) is 2.59. The Bertz CT molecular complexity index is 1000. The minimum absolute atomic E-state index is 0.298. The Morgan fingerprint density at radius 1 is 1.16 bits per heavy atom. The summed E-state index contributed by atoms with van der Waals surface area (Å²) in [6.07, 6.45) is 0.919. The van der Waals surface area contributed by atoms with Crippen molar-refractivity contribution in [2.75, 3.05) is 4.72 Å². The molecule has 5 nitrogen and oxygen atoms in total. The molecule has 2 aromatic heterocycles. The molecule has 0 aliphatic carbocycles. The van der Waals surface area contributed by atoms with Crippen molar-refractivity contribution in [1.29, 1.82) is 0 Å². The van der Waals surface area contributed by atoms with E-state index in [1.54, 1.807) is 18.2 Å². The molecule has 7 heteroatoms. The van der Waals surface area contributed by atoms with Crippen LogP contribution in [0.2, 0.25) is 0 Å². The highest BCUT2D eigenvalue weighted by atomic mass is 32.2. The van der Waals surface area contributed by atoms with E-state index in [-0.39, 0.29) is 0 Å². The average molecular weight is 376 g/mol. The maximum Gasteiger partial charge on any atom is 0.263 e. The predicted octanol–water partition coefficient (Wildman–Crippen LogP) is 4.43. The van der Waals surface area contributed by atoms with Gasteiger partial charge in [-0.25, -0.2) is 8.42 Å². The lowest BCUT2D eigenvalue weighted by Crippen LogP contribution is -2.13. The standard InChI is InChI=1S/C18H21N3O2S2/c1-5-14-6-8-15(9-7-14)21-25(22,23)17-10-16(24-13(17)4)18-11(2)12(3)19-20-18/h6-10,21H,5H2,1-4H3,(H,19,20). The van der Waals surface area contributed by atoms with Crippen molar-refractivity contribution in [2.45, 2.75) is 39.0 Å². The smallest absolute Gasteiger partial charge is 0.263 e. The number of H-pyrrole nitrogens is 1. The summed E-state index contributed by atoms with van der Waals surface area (Å²) in [5.41, 5.74) is 4.56. The summed E-state index contributed by atoms with van der Waals surface area (Å²) in [5.74, 6) is 0. The number of hydrogen-bond acceptors (Lipinski definition) is 4. The Morgan fingerprint density at radius 3 is 2.40 bits per heavy atom. The van der Waals surface area contributed by atoms with Crippen molar-refractivity contribution in [3.05, 3.63) is 52.0 Å². The van der Waals surface area contributed by atoms with E-state index >= 15 is 0 Å². The average Bonchev–Trinajstić information content (AvgIpc) is 3.12. The summed E-state index contributed by atoms with van der Waals surface area (Å²) in [6, 6.07) is 9.14. The van der Waals surface area contributed by atoms with Crippen molar-refractivity contribution in [2.24, 2.45) is 0 Å². The first-order valence-electron chi connectivity index (χ1n) is 8.06. The predicted molar refractivity (Wildman–Crippen MR) is 103 cm³/mol. The Labute approximate surface area is 152 Å². The number of thiophene rings is 1. The first-order chi connectivity index (χ1) is 11.8. The van der Waals surface area contributed by atoms with Gasteiger partial charge in [-0.2, -0.15) is 5.10 Å². The van der Waals surface area contributed by atoms with Crippen molar-refractivity contribution in [1.82, 2.24) is 10.2 Å². The summed E-state index contributed by atoms with van der Waals surface area (Å²) in [4.78, 5) is 1.89. The lowest BCUT2D eigenvalue weighted by atomic mass is 10.2. The van der Waals surface area contributed by atoms with Gasteiger partial charge in [0, 0.05) is 16.3 Å². The summed E-state index contributed by atoms with van der Waals surface area (Å²) in [6.45, 7) is 7.81. The number of nitrogens with one attached hydrogen (secondary N) is 2. The molecule has 1 aromatic carbocycles. The van der Waals surface area contributed by atoms with Crippen LogP contribution in [0, 0.1) is 20.8 Å². The van der Waals surface area contributed by atoms with Crippen molar-refractivity contribution in [3.63, 3.8) is 0 Å². The van der Waals surface area contributed by atoms with Crippen LogP contribution in [0.1, 0.15) is 28.6 Å². The number of benzene rings is 1. The van der Waals surface area contributed by atoms with E-state index in [0.29, 0.717) is 10.6 Å². The van der Waals surface area contributed by atoms with Gasteiger partial charge in [-0.3, -0.25) is 9.82 Å². The van der Waals surface area contributed by atoms with Gasteiger partial charge in [0.25, 0.3) is 10.0 Å². The van der Waals surface area contributed by atoms with E-state index in [9.17, 15) is 8.42 Å². The van der Waals surface area contributed by atoms with Crippen LogP contribution in [-0.2, 0) is 16.4 Å². The molecule has 132 valence electrons. The van der Waals surface area contributed by atoms with Crippen molar-refractivity contribution in [3.8, 4) is 10.6 Å². The van der Waals surface area contributed by atoms with Crippen LogP contribution in [-0.4, -0.2) is 18.6 Å². The summed E-state index contributed by atoms with van der Waals surface area (Å²) >= 11 is 1.44. The van der Waals surface area contributed by atoms with Gasteiger partial charge < -0.3 is 0 Å². The molecule has 0 atom stereocenters. The lowest BCUT2D eigenvalue weighted by molar-refractivity contribution is 0.601. The zero-order valence-electron chi connectivity index (χ0n) is 14.7. The minimum Gasteiger partial charge on any atom is -0.282 e. The molecule has 0 aliphatic heterocycles. The molecule has 0 aliphatic rings. The van der Waals surface area contributed by atoms with Gasteiger partial charge >= 0.3 is 0 Å². The van der Waals surface area contributed by atoms with Crippen LogP contribution in [0.5, 0.6) is 0 Å². The van der Waals surface area contributed by atoms with E-state index in [4.69, 9.17) is 0 Å². The maximum atomic E-state index is 12.8. The molecule has 0 saturated carbocycles. The third-order valence-corrected chi connectivity index (χ3v) is 6.96. The number of aromatic nitrogens is 2. The second-order valence-corrected chi connectivity index (χ2v) is 8.92. The van der Waals surface area contributed by atoms with Gasteiger partial charge in [0.2, 0.25) is 0 Å². The number of rotatable bonds is 5. The quantitative estimate of drug-likeness (QED) is 0.693. The van der Waals surface area contributed by atoms with Crippen LogP contribution in [0.25, 0.3) is 10.6 Å². The lowest BCUT2D eigenvalue weighted by Gasteiger charge is -2.08. The highest BCUT2D eigenvalue weighted by Crippen LogP contribution is 2.35. The fourth-order valence-corrected chi connectivity index (χ4v) is 5.29. The normalized spacial score (nSPS) is 11.7. The van der Waals surface area contributed by atoms with Crippen molar-refractivity contribution >= 4 is 27.0 Å². The van der Waals surface area contributed by atoms with Crippen LogP contribution in [0.4, 0.5) is 5.69 Å². The SMILES string of the molecule is CCc1ccc(NS(=O)(=O)c2cc(-c3n[nH]c(C)c3C)sc2C)cc1. The molecule has 0 bridgehead atoms. The fraction of sp³-hybridized carbons (Fsp3) is 0.278. The van der Waals surface area contributed by atoms with Gasteiger partial charge in [-0.1, -0.05) is 19.1 Å². The van der Waals surface area contributed by atoms with Crippen molar-refractivity contribution < 1.29 is 8.42 Å². The number of sulfonamides is 1. The summed E-state index contributed by atoms with van der Waals surface area (Å²) < 4.78 is 28.2. The van der Waals surface area contributed by atoms with Gasteiger partial charge in [-0.15, -0.1) is 11.3 Å². The number of aromatic amines is 1. The topological polar surface area (TPSA) is 74.8 Å². The first kappa shape index (κ1) is 17.7. The van der Waals surface area contributed by atoms with Crippen LogP contribution >= 0.6 is 11.3 Å². The van der Waals surface area contributed by atoms with Gasteiger partial charge in [0.15, 0.2) is 0 Å². The number of hydrogen-bond donors (Lipinski definition) is 2. The molecule has 3 aromatic rings. The minimum atomic E-state index is -3.63. The largest absolute Gasteiger partial charge is 0.282 e. The van der Waals surface area contributed by atoms with Crippen LogP contribution in [0.3, 0.4) is 0 Å². The maximum absolute atomic E-state index is 12.8. The number of anilines is 1. The Kier molecular flexibility index (Phi) is 4.71. The highest BCUT2D eigenvalue weighted by Gasteiger charge is 2.22. The number of aryl methyl sites for hydroxylation is 3. The van der Waals surface area contributed by atoms with E-state index in [2.05, 4.69) is 21.8 Å². The molecular formula is C18H21N3O2S2. The highest BCUT2D eigenvalue weighted by molar-refractivity contribution is 7.93. The Hall–Kier alpha value is -2.12. The van der Waals surface area contributed by atoms with Crippen LogP contribution < -0.4 is 4.72 Å². The Morgan fingerprint density at radius 2 is 1.84 bits per heavy atom. The monoisotopic (exact) mass is 375 g/mol. The molecule has 0 amide bonds. The molecule has 0 saturated heterocycles. The molecule has 25 heavy (non-hydrogen) atoms. The molecule has 3 rings (SSSR count). The molecule has 2 N–H and O–H groups in total. The molecular weight excluding hydrogens is 354 g/mol. The second-order valence-electron chi connectivity index (χ2n) is 6.01. The second kappa shape index (κ2) is 6.65. The zero-order chi connectivity index (χ0) is 18.2. The molecule has 0 unspecified atom stereocenters. The first-order valence-corrected chi connectivity index (χ1v) is 10.4.